The van der Waals surface area contributed by atoms with Crippen molar-refractivity contribution in [1.29, 1.82) is 0 Å². The molecule has 0 aliphatic carbocycles. The quantitative estimate of drug-likeness (QED) is 0.892. The Morgan fingerprint density at radius 1 is 1.40 bits per heavy atom. The lowest BCUT2D eigenvalue weighted by atomic mass is 9.93. The van der Waals surface area contributed by atoms with Gasteiger partial charge in [0.25, 0.3) is 0 Å². The maximum atomic E-state index is 13.8. The molecule has 2 heterocycles. The van der Waals surface area contributed by atoms with Crippen molar-refractivity contribution in [2.24, 2.45) is 0 Å². The highest BCUT2D eigenvalue weighted by atomic mass is 19.1. The Labute approximate surface area is 145 Å². The average molecular weight is 347 g/mol. The molecule has 0 saturated carbocycles. The Balaban J connectivity index is 1.59. The fourth-order valence-corrected chi connectivity index (χ4v) is 2.64. The maximum Gasteiger partial charge on any atom is 0.315 e. The lowest BCUT2D eigenvalue weighted by Gasteiger charge is -2.26. The number of amides is 2. The molecule has 1 aliphatic rings. The van der Waals surface area contributed by atoms with Crippen LogP contribution in [0.4, 0.5) is 9.18 Å². The van der Waals surface area contributed by atoms with E-state index in [1.807, 2.05) is 20.8 Å². The van der Waals surface area contributed by atoms with Crippen molar-refractivity contribution in [2.45, 2.75) is 45.2 Å². The molecule has 134 valence electrons. The van der Waals surface area contributed by atoms with Gasteiger partial charge < -0.3 is 19.8 Å². The lowest BCUT2D eigenvalue weighted by molar-refractivity contribution is 0.218. The molecule has 0 radical (unpaired) electrons. The number of oxazole rings is 1. The van der Waals surface area contributed by atoms with Gasteiger partial charge in [-0.15, -0.1) is 0 Å². The monoisotopic (exact) mass is 347 g/mol. The molecule has 1 atom stereocenters. The van der Waals surface area contributed by atoms with Crippen molar-refractivity contribution in [3.63, 3.8) is 0 Å². The van der Waals surface area contributed by atoms with E-state index in [1.165, 1.54) is 6.07 Å². The van der Waals surface area contributed by atoms with E-state index in [1.54, 1.807) is 18.4 Å². The standard InChI is InChI=1S/C18H22FN3O3/c1-18(2,3)14-10-25-15(22-14)9-20-17(23)21-13-7-8-24-16-11(13)5-4-6-12(16)19/h4-6,10,13H,7-9H2,1-3H3,(H2,20,21,23)/t13-/m0/s1. The van der Waals surface area contributed by atoms with Crippen molar-refractivity contribution in [1.82, 2.24) is 15.6 Å². The maximum absolute atomic E-state index is 13.8. The smallest absolute Gasteiger partial charge is 0.315 e. The third-order valence-electron chi connectivity index (χ3n) is 4.05. The number of hydrogen-bond donors (Lipinski definition) is 2. The second-order valence-electron chi connectivity index (χ2n) is 7.05. The minimum Gasteiger partial charge on any atom is -0.490 e. The molecule has 0 bridgehead atoms. The second kappa shape index (κ2) is 6.74. The molecule has 1 aromatic carbocycles. The van der Waals surface area contributed by atoms with Gasteiger partial charge in [0.1, 0.15) is 6.26 Å². The molecule has 0 spiro atoms. The second-order valence-corrected chi connectivity index (χ2v) is 7.05. The number of benzene rings is 1. The first-order chi connectivity index (χ1) is 11.8. The molecule has 2 aromatic rings. The van der Waals surface area contributed by atoms with E-state index in [9.17, 15) is 9.18 Å². The number of hydrogen-bond acceptors (Lipinski definition) is 4. The Morgan fingerprint density at radius 2 is 2.20 bits per heavy atom. The molecule has 0 fully saturated rings. The van der Waals surface area contributed by atoms with E-state index in [0.717, 1.165) is 5.69 Å². The van der Waals surface area contributed by atoms with Crippen LogP contribution in [0, 0.1) is 5.82 Å². The molecular weight excluding hydrogens is 325 g/mol. The summed E-state index contributed by atoms with van der Waals surface area (Å²) in [6, 6.07) is 4.05. The first-order valence-electron chi connectivity index (χ1n) is 8.25. The van der Waals surface area contributed by atoms with Gasteiger partial charge in [-0.05, 0) is 6.07 Å². The zero-order valence-electron chi connectivity index (χ0n) is 14.6. The van der Waals surface area contributed by atoms with Gasteiger partial charge in [-0.2, -0.15) is 0 Å². The lowest BCUT2D eigenvalue weighted by Crippen LogP contribution is -2.39. The highest BCUT2D eigenvalue weighted by molar-refractivity contribution is 5.74. The predicted octanol–water partition coefficient (Wildman–Crippen LogP) is 3.43. The minimum absolute atomic E-state index is 0.111. The van der Waals surface area contributed by atoms with E-state index in [4.69, 9.17) is 9.15 Å². The summed E-state index contributed by atoms with van der Waals surface area (Å²) in [4.78, 5) is 16.5. The normalized spacial score (nSPS) is 16.7. The molecule has 7 heteroatoms. The van der Waals surface area contributed by atoms with Crippen LogP contribution in [-0.4, -0.2) is 17.6 Å². The van der Waals surface area contributed by atoms with Crippen molar-refractivity contribution in [3.8, 4) is 5.75 Å². The fourth-order valence-electron chi connectivity index (χ4n) is 2.64. The Bertz CT molecular complexity index is 767. The number of halogens is 1. The zero-order valence-corrected chi connectivity index (χ0v) is 14.6. The number of carbonyl (C=O) groups excluding carboxylic acids is 1. The van der Waals surface area contributed by atoms with Crippen molar-refractivity contribution in [2.75, 3.05) is 6.61 Å². The number of carbonyl (C=O) groups is 1. The Hall–Kier alpha value is -2.57. The number of urea groups is 1. The number of aromatic nitrogens is 1. The van der Waals surface area contributed by atoms with E-state index < -0.39 is 5.82 Å². The summed E-state index contributed by atoms with van der Waals surface area (Å²) in [7, 11) is 0. The van der Waals surface area contributed by atoms with Gasteiger partial charge in [-0.3, -0.25) is 0 Å². The van der Waals surface area contributed by atoms with Gasteiger partial charge in [0.15, 0.2) is 11.6 Å². The van der Waals surface area contributed by atoms with E-state index in [2.05, 4.69) is 15.6 Å². The number of nitrogens with zero attached hydrogens (tertiary/aromatic N) is 1. The van der Waals surface area contributed by atoms with Crippen LogP contribution in [0.3, 0.4) is 0 Å². The third kappa shape index (κ3) is 3.92. The first-order valence-corrected chi connectivity index (χ1v) is 8.25. The molecule has 1 aliphatic heterocycles. The topological polar surface area (TPSA) is 76.4 Å². The number of rotatable bonds is 3. The molecule has 0 saturated heterocycles. The summed E-state index contributed by atoms with van der Waals surface area (Å²) in [6.07, 6.45) is 2.18. The summed E-state index contributed by atoms with van der Waals surface area (Å²) < 4.78 is 24.5. The van der Waals surface area contributed by atoms with Crippen LogP contribution in [0.2, 0.25) is 0 Å². The molecule has 25 heavy (non-hydrogen) atoms. The highest BCUT2D eigenvalue weighted by Crippen LogP contribution is 2.33. The van der Waals surface area contributed by atoms with Crippen LogP contribution in [0.25, 0.3) is 0 Å². The van der Waals surface area contributed by atoms with Crippen LogP contribution in [0.15, 0.2) is 28.9 Å². The summed E-state index contributed by atoms with van der Waals surface area (Å²) in [6.45, 7) is 6.65. The SMILES string of the molecule is CC(C)(C)c1coc(CNC(=O)N[C@H]2CCOc3c(F)cccc32)n1. The average Bonchev–Trinajstić information content (AvgIpc) is 3.03. The molecule has 2 amide bonds. The van der Waals surface area contributed by atoms with Crippen molar-refractivity contribution >= 4 is 6.03 Å². The molecule has 1 aromatic heterocycles. The first kappa shape index (κ1) is 17.3. The van der Waals surface area contributed by atoms with Gasteiger partial charge in [0.05, 0.1) is 24.9 Å². The number of ether oxygens (including phenoxy) is 1. The summed E-state index contributed by atoms with van der Waals surface area (Å²) in [5, 5.41) is 5.56. The van der Waals surface area contributed by atoms with Crippen LogP contribution < -0.4 is 15.4 Å². The van der Waals surface area contributed by atoms with E-state index in [-0.39, 0.29) is 29.8 Å². The van der Waals surface area contributed by atoms with Crippen molar-refractivity contribution in [3.05, 3.63) is 47.4 Å². The molecule has 6 nitrogen and oxygen atoms in total. The molecule has 3 rings (SSSR count). The number of para-hydroxylation sites is 1. The highest BCUT2D eigenvalue weighted by Gasteiger charge is 2.25. The Morgan fingerprint density at radius 3 is 2.92 bits per heavy atom. The van der Waals surface area contributed by atoms with Crippen LogP contribution in [0.1, 0.15) is 50.4 Å². The zero-order chi connectivity index (χ0) is 18.0. The van der Waals surface area contributed by atoms with Gasteiger partial charge >= 0.3 is 6.03 Å². The van der Waals surface area contributed by atoms with Crippen molar-refractivity contribution < 1.29 is 18.3 Å². The molecular formula is C18H22FN3O3. The predicted molar refractivity (Wildman–Crippen MR) is 89.8 cm³/mol. The van der Waals surface area contributed by atoms with Crippen LogP contribution in [0.5, 0.6) is 5.75 Å². The summed E-state index contributed by atoms with van der Waals surface area (Å²) in [5.41, 5.74) is 1.37. The summed E-state index contributed by atoms with van der Waals surface area (Å²) in [5.74, 6) is 0.235. The van der Waals surface area contributed by atoms with Crippen LogP contribution >= 0.6 is 0 Å². The summed E-state index contributed by atoms with van der Waals surface area (Å²) >= 11 is 0. The fraction of sp³-hybridized carbons (Fsp3) is 0.444. The Kier molecular flexibility index (Phi) is 4.65. The van der Waals surface area contributed by atoms with Gasteiger partial charge in [0.2, 0.25) is 5.89 Å². The van der Waals surface area contributed by atoms with E-state index in [0.29, 0.717) is 24.5 Å². The largest absolute Gasteiger partial charge is 0.490 e. The number of fused-ring (bicyclic) bond motifs is 1. The van der Waals surface area contributed by atoms with Gasteiger partial charge in [-0.25, -0.2) is 14.2 Å². The minimum atomic E-state index is -0.418. The molecule has 2 N–H and O–H groups in total. The number of nitrogens with one attached hydrogen (secondary N) is 2. The van der Waals surface area contributed by atoms with Gasteiger partial charge in [0, 0.05) is 17.4 Å². The van der Waals surface area contributed by atoms with E-state index >= 15 is 0 Å². The van der Waals surface area contributed by atoms with Crippen LogP contribution in [-0.2, 0) is 12.0 Å². The third-order valence-corrected chi connectivity index (χ3v) is 4.05. The molecule has 0 unspecified atom stereocenters. The van der Waals surface area contributed by atoms with Gasteiger partial charge in [-0.1, -0.05) is 32.9 Å².